The van der Waals surface area contributed by atoms with Crippen molar-refractivity contribution in [2.24, 2.45) is 0 Å². The van der Waals surface area contributed by atoms with E-state index in [1.807, 2.05) is 35.7 Å². The smallest absolute Gasteiger partial charge is 0.227 e. The maximum absolute atomic E-state index is 12.6. The van der Waals surface area contributed by atoms with Crippen LogP contribution in [0.2, 0.25) is 0 Å². The van der Waals surface area contributed by atoms with E-state index in [4.69, 9.17) is 9.47 Å². The van der Waals surface area contributed by atoms with Gasteiger partial charge >= 0.3 is 0 Å². The maximum atomic E-state index is 12.6. The third-order valence-electron chi connectivity index (χ3n) is 4.29. The molecule has 0 unspecified atom stereocenters. The predicted molar refractivity (Wildman–Crippen MR) is 110 cm³/mol. The Balaban J connectivity index is 1.37. The van der Waals surface area contributed by atoms with Gasteiger partial charge in [0.15, 0.2) is 26.5 Å². The first-order valence-electron chi connectivity index (χ1n) is 8.94. The third kappa shape index (κ3) is 4.57. The number of carbonyl (C=O) groups excluding carboxylic acids is 1. The van der Waals surface area contributed by atoms with Crippen LogP contribution in [0.25, 0.3) is 11.3 Å². The van der Waals surface area contributed by atoms with Gasteiger partial charge in [0.2, 0.25) is 5.91 Å². The number of carbonyl (C=O) groups is 1. The summed E-state index contributed by atoms with van der Waals surface area (Å²) < 4.78 is 36.0. The summed E-state index contributed by atoms with van der Waals surface area (Å²) in [7, 11) is -3.63. The predicted octanol–water partition coefficient (Wildman–Crippen LogP) is 3.38. The second-order valence-electron chi connectivity index (χ2n) is 6.33. The molecule has 0 atom stereocenters. The lowest BCUT2D eigenvalue weighted by atomic mass is 10.2. The van der Waals surface area contributed by atoms with E-state index in [1.54, 1.807) is 6.07 Å². The molecule has 1 aliphatic heterocycles. The van der Waals surface area contributed by atoms with Crippen molar-refractivity contribution >= 4 is 32.2 Å². The average Bonchev–Trinajstić information content (AvgIpc) is 3.21. The largest absolute Gasteiger partial charge is 0.486 e. The topological polar surface area (TPSA) is 94.6 Å². The number of anilines is 1. The number of fused-ring (bicyclic) bond motifs is 1. The van der Waals surface area contributed by atoms with Gasteiger partial charge in [0.05, 0.1) is 16.3 Å². The van der Waals surface area contributed by atoms with E-state index < -0.39 is 15.7 Å². The van der Waals surface area contributed by atoms with Crippen molar-refractivity contribution in [3.05, 3.63) is 53.9 Å². The molecule has 0 aliphatic carbocycles. The molecule has 0 saturated carbocycles. The first kappa shape index (κ1) is 19.4. The second-order valence-corrected chi connectivity index (χ2v) is 9.29. The monoisotopic (exact) mass is 430 g/mol. The quantitative estimate of drug-likeness (QED) is 0.644. The number of thiazole rings is 1. The van der Waals surface area contributed by atoms with Gasteiger partial charge in [-0.3, -0.25) is 4.79 Å². The van der Waals surface area contributed by atoms with Gasteiger partial charge in [-0.1, -0.05) is 30.3 Å². The van der Waals surface area contributed by atoms with Crippen LogP contribution in [-0.2, 0) is 14.6 Å². The molecule has 2 aromatic carbocycles. The van der Waals surface area contributed by atoms with E-state index >= 15 is 0 Å². The van der Waals surface area contributed by atoms with Crippen molar-refractivity contribution in [2.75, 3.05) is 24.3 Å². The number of benzene rings is 2. The Labute approximate surface area is 172 Å². The van der Waals surface area contributed by atoms with Crippen molar-refractivity contribution in [2.45, 2.75) is 11.3 Å². The fourth-order valence-corrected chi connectivity index (χ4v) is 4.80. The molecule has 4 rings (SSSR count). The van der Waals surface area contributed by atoms with Crippen molar-refractivity contribution in [1.82, 2.24) is 4.98 Å². The van der Waals surface area contributed by atoms with E-state index in [9.17, 15) is 13.2 Å². The molecule has 0 spiro atoms. The molecule has 9 heteroatoms. The van der Waals surface area contributed by atoms with E-state index in [0.29, 0.717) is 29.8 Å². The maximum Gasteiger partial charge on any atom is 0.227 e. The Morgan fingerprint density at radius 2 is 1.83 bits per heavy atom. The molecule has 1 N–H and O–H groups in total. The Kier molecular flexibility index (Phi) is 5.50. The molecule has 1 aliphatic rings. The Bertz CT molecular complexity index is 1130. The lowest BCUT2D eigenvalue weighted by molar-refractivity contribution is -0.115. The van der Waals surface area contributed by atoms with Crippen LogP contribution < -0.4 is 14.8 Å². The lowest BCUT2D eigenvalue weighted by Gasteiger charge is -2.18. The van der Waals surface area contributed by atoms with Gasteiger partial charge in [-0.15, -0.1) is 11.3 Å². The zero-order valence-corrected chi connectivity index (χ0v) is 17.0. The van der Waals surface area contributed by atoms with Crippen LogP contribution >= 0.6 is 11.3 Å². The summed E-state index contributed by atoms with van der Waals surface area (Å²) in [6, 6.07) is 14.1. The average molecular weight is 431 g/mol. The first-order valence-corrected chi connectivity index (χ1v) is 11.5. The number of aromatic nitrogens is 1. The molecule has 0 radical (unpaired) electrons. The highest BCUT2D eigenvalue weighted by Crippen LogP contribution is 2.32. The van der Waals surface area contributed by atoms with E-state index in [1.165, 1.54) is 23.5 Å². The minimum Gasteiger partial charge on any atom is -0.486 e. The molecule has 150 valence electrons. The molecule has 0 fully saturated rings. The number of nitrogens with one attached hydrogen (secondary N) is 1. The fourth-order valence-electron chi connectivity index (χ4n) is 2.82. The van der Waals surface area contributed by atoms with Crippen molar-refractivity contribution in [3.63, 3.8) is 0 Å². The highest BCUT2D eigenvalue weighted by molar-refractivity contribution is 7.91. The van der Waals surface area contributed by atoms with Crippen LogP contribution in [0, 0.1) is 0 Å². The first-order chi connectivity index (χ1) is 14.0. The van der Waals surface area contributed by atoms with Crippen LogP contribution in [-0.4, -0.2) is 38.3 Å². The Hall–Kier alpha value is -2.91. The van der Waals surface area contributed by atoms with Gasteiger partial charge in [-0.25, -0.2) is 13.4 Å². The van der Waals surface area contributed by atoms with Gasteiger partial charge in [-0.2, -0.15) is 0 Å². The summed E-state index contributed by atoms with van der Waals surface area (Å²) in [5, 5.41) is 4.95. The summed E-state index contributed by atoms with van der Waals surface area (Å²) in [5.74, 6) is 0.207. The minimum absolute atomic E-state index is 0.107. The summed E-state index contributed by atoms with van der Waals surface area (Å²) in [6.07, 6.45) is -0.170. The molecule has 0 saturated heterocycles. The van der Waals surface area contributed by atoms with Crippen molar-refractivity contribution in [1.29, 1.82) is 0 Å². The number of ether oxygens (including phenoxy) is 2. The summed E-state index contributed by atoms with van der Waals surface area (Å²) >= 11 is 1.29. The molecule has 7 nitrogen and oxygen atoms in total. The zero-order valence-electron chi connectivity index (χ0n) is 15.3. The molecule has 1 amide bonds. The van der Waals surface area contributed by atoms with E-state index in [-0.39, 0.29) is 17.1 Å². The second kappa shape index (κ2) is 8.22. The van der Waals surface area contributed by atoms with Crippen LogP contribution in [0.1, 0.15) is 6.42 Å². The molecule has 3 aromatic rings. The van der Waals surface area contributed by atoms with Crippen LogP contribution in [0.15, 0.2) is 58.8 Å². The molecular formula is C20H18N2O5S2. The Morgan fingerprint density at radius 3 is 2.62 bits per heavy atom. The SMILES string of the molecule is O=C(CCS(=O)(=O)c1ccc2c(c1)OCCO2)Nc1nc(-c2ccccc2)cs1. The van der Waals surface area contributed by atoms with Gasteiger partial charge in [0, 0.05) is 23.4 Å². The molecule has 29 heavy (non-hydrogen) atoms. The summed E-state index contributed by atoms with van der Waals surface area (Å²) in [5.41, 5.74) is 1.71. The number of nitrogens with zero attached hydrogens (tertiary/aromatic N) is 1. The van der Waals surface area contributed by atoms with Crippen LogP contribution in [0.3, 0.4) is 0 Å². The van der Waals surface area contributed by atoms with E-state index in [2.05, 4.69) is 10.3 Å². The van der Waals surface area contributed by atoms with Crippen LogP contribution in [0.4, 0.5) is 5.13 Å². The molecule has 2 heterocycles. The third-order valence-corrected chi connectivity index (χ3v) is 6.76. The van der Waals surface area contributed by atoms with Crippen LogP contribution in [0.5, 0.6) is 11.5 Å². The van der Waals surface area contributed by atoms with Crippen molar-refractivity contribution < 1.29 is 22.7 Å². The number of sulfone groups is 1. The fraction of sp³-hybridized carbons (Fsp3) is 0.200. The highest BCUT2D eigenvalue weighted by Gasteiger charge is 2.21. The summed E-state index contributed by atoms with van der Waals surface area (Å²) in [6.45, 7) is 0.805. The number of hydrogen-bond acceptors (Lipinski definition) is 7. The standard InChI is InChI=1S/C20H18N2O5S2/c23-19(22-20-21-16(13-28-20)14-4-2-1-3-5-14)8-11-29(24,25)15-6-7-17-18(12-15)27-10-9-26-17/h1-7,12-13H,8-11H2,(H,21,22,23). The van der Waals surface area contributed by atoms with Gasteiger partial charge < -0.3 is 14.8 Å². The van der Waals surface area contributed by atoms with Crippen molar-refractivity contribution in [3.8, 4) is 22.8 Å². The minimum atomic E-state index is -3.63. The van der Waals surface area contributed by atoms with Gasteiger partial charge in [0.25, 0.3) is 0 Å². The summed E-state index contributed by atoms with van der Waals surface area (Å²) in [4.78, 5) is 16.7. The van der Waals surface area contributed by atoms with E-state index in [0.717, 1.165) is 11.3 Å². The number of rotatable bonds is 6. The molecule has 0 bridgehead atoms. The lowest BCUT2D eigenvalue weighted by Crippen LogP contribution is -2.18. The number of hydrogen-bond donors (Lipinski definition) is 1. The molecular weight excluding hydrogens is 412 g/mol. The van der Waals surface area contributed by atoms with Gasteiger partial charge in [0.1, 0.15) is 13.2 Å². The zero-order chi connectivity index (χ0) is 20.3. The number of amides is 1. The van der Waals surface area contributed by atoms with Gasteiger partial charge in [-0.05, 0) is 12.1 Å². The highest BCUT2D eigenvalue weighted by atomic mass is 32.2. The Morgan fingerprint density at radius 1 is 1.07 bits per heavy atom. The normalized spacial score (nSPS) is 13.1. The molecule has 1 aromatic heterocycles.